The van der Waals surface area contributed by atoms with Gasteiger partial charge in [-0.15, -0.1) is 0 Å². The summed E-state index contributed by atoms with van der Waals surface area (Å²) in [4.78, 5) is 0. The van der Waals surface area contributed by atoms with Crippen LogP contribution >= 0.6 is 11.6 Å². The van der Waals surface area contributed by atoms with Crippen molar-refractivity contribution in [3.63, 3.8) is 0 Å². The monoisotopic (exact) mass is 293 g/mol. The van der Waals surface area contributed by atoms with Gasteiger partial charge in [-0.25, -0.2) is 4.39 Å². The highest BCUT2D eigenvalue weighted by Gasteiger charge is 2.05. The van der Waals surface area contributed by atoms with Crippen molar-refractivity contribution in [1.29, 1.82) is 0 Å². The quantitative estimate of drug-likeness (QED) is 0.814. The molecule has 0 radical (unpaired) electrons. The van der Waals surface area contributed by atoms with Crippen molar-refractivity contribution in [2.45, 2.75) is 13.8 Å². The molecule has 0 amide bonds. The minimum absolute atomic E-state index is 0.250. The summed E-state index contributed by atoms with van der Waals surface area (Å²) in [5, 5.41) is 3.83. The normalized spacial score (nSPS) is 10.4. The number of nitrogens with one attached hydrogen (secondary N) is 1. The fraction of sp³-hybridized carbons (Fsp3) is 0.250. The lowest BCUT2D eigenvalue weighted by atomic mass is 10.1. The first-order valence-corrected chi connectivity index (χ1v) is 6.83. The van der Waals surface area contributed by atoms with E-state index in [0.717, 1.165) is 22.6 Å². The number of benzene rings is 2. The Balaban J connectivity index is 1.88. The minimum Gasteiger partial charge on any atom is -0.491 e. The lowest BCUT2D eigenvalue weighted by Crippen LogP contribution is -2.12. The van der Waals surface area contributed by atoms with E-state index in [9.17, 15) is 4.39 Å². The molecule has 0 aliphatic rings. The van der Waals surface area contributed by atoms with E-state index in [2.05, 4.69) is 5.32 Å². The maximum absolute atomic E-state index is 13.0. The summed E-state index contributed by atoms with van der Waals surface area (Å²) in [5.74, 6) is 0.607. The van der Waals surface area contributed by atoms with Gasteiger partial charge in [-0.05, 0) is 55.3 Å². The fourth-order valence-corrected chi connectivity index (χ4v) is 2.40. The average Bonchev–Trinajstić information content (AvgIpc) is 2.36. The predicted molar refractivity (Wildman–Crippen MR) is 81.3 cm³/mol. The molecule has 2 nitrogen and oxygen atoms in total. The lowest BCUT2D eigenvalue weighted by Gasteiger charge is -2.13. The second-order valence-corrected chi connectivity index (χ2v) is 5.09. The largest absolute Gasteiger partial charge is 0.491 e. The lowest BCUT2D eigenvalue weighted by molar-refractivity contribution is 0.328. The molecule has 2 rings (SSSR count). The van der Waals surface area contributed by atoms with E-state index in [4.69, 9.17) is 16.3 Å². The third-order valence-electron chi connectivity index (χ3n) is 2.93. The molecule has 0 saturated heterocycles. The first-order valence-electron chi connectivity index (χ1n) is 6.45. The molecule has 2 aromatic carbocycles. The van der Waals surface area contributed by atoms with Gasteiger partial charge in [-0.2, -0.15) is 0 Å². The maximum Gasteiger partial charge on any atom is 0.125 e. The van der Waals surface area contributed by atoms with Crippen LogP contribution in [0.2, 0.25) is 5.02 Å². The smallest absolute Gasteiger partial charge is 0.125 e. The number of aryl methyl sites for hydroxylation is 2. The molecule has 0 atom stereocenters. The Kier molecular flexibility index (Phi) is 4.85. The Morgan fingerprint density at radius 2 is 1.85 bits per heavy atom. The van der Waals surface area contributed by atoms with E-state index in [1.54, 1.807) is 6.07 Å². The first kappa shape index (κ1) is 14.7. The van der Waals surface area contributed by atoms with Crippen LogP contribution in [0.15, 0.2) is 36.4 Å². The van der Waals surface area contributed by atoms with Gasteiger partial charge in [0.25, 0.3) is 0 Å². The van der Waals surface area contributed by atoms with Gasteiger partial charge >= 0.3 is 0 Å². The van der Waals surface area contributed by atoms with Gasteiger partial charge in [0.2, 0.25) is 0 Å². The van der Waals surface area contributed by atoms with Crippen LogP contribution in [-0.2, 0) is 0 Å². The van der Waals surface area contributed by atoms with Gasteiger partial charge in [-0.1, -0.05) is 17.7 Å². The van der Waals surface area contributed by atoms with Crippen molar-refractivity contribution < 1.29 is 9.13 Å². The zero-order valence-corrected chi connectivity index (χ0v) is 12.3. The third-order valence-corrected chi connectivity index (χ3v) is 3.15. The van der Waals surface area contributed by atoms with E-state index in [1.165, 1.54) is 12.1 Å². The highest BCUT2D eigenvalue weighted by atomic mass is 35.5. The van der Waals surface area contributed by atoms with Gasteiger partial charge < -0.3 is 10.1 Å². The SMILES string of the molecule is Cc1cc(Cl)cc(C)c1OCCNc1cccc(F)c1. The van der Waals surface area contributed by atoms with Gasteiger partial charge in [0.15, 0.2) is 0 Å². The molecule has 0 spiro atoms. The second-order valence-electron chi connectivity index (χ2n) is 4.65. The molecule has 1 N–H and O–H groups in total. The van der Waals surface area contributed by atoms with E-state index >= 15 is 0 Å². The van der Waals surface area contributed by atoms with Crippen LogP contribution in [0.3, 0.4) is 0 Å². The number of rotatable bonds is 5. The summed E-state index contributed by atoms with van der Waals surface area (Å²) in [6.45, 7) is 5.03. The first-order chi connectivity index (χ1) is 9.56. The van der Waals surface area contributed by atoms with Crippen LogP contribution < -0.4 is 10.1 Å². The van der Waals surface area contributed by atoms with E-state index in [-0.39, 0.29) is 5.82 Å². The van der Waals surface area contributed by atoms with Crippen molar-refractivity contribution >= 4 is 17.3 Å². The molecule has 4 heteroatoms. The summed E-state index contributed by atoms with van der Waals surface area (Å²) in [7, 11) is 0. The molecule has 2 aromatic rings. The number of hydrogen-bond acceptors (Lipinski definition) is 2. The average molecular weight is 294 g/mol. The zero-order chi connectivity index (χ0) is 14.5. The highest BCUT2D eigenvalue weighted by Crippen LogP contribution is 2.26. The summed E-state index contributed by atoms with van der Waals surface area (Å²) >= 11 is 5.97. The van der Waals surface area contributed by atoms with Gasteiger partial charge in [0, 0.05) is 17.3 Å². The number of anilines is 1. The van der Waals surface area contributed by atoms with Crippen molar-refractivity contribution in [2.24, 2.45) is 0 Å². The van der Waals surface area contributed by atoms with Crippen LogP contribution in [-0.4, -0.2) is 13.2 Å². The Labute approximate surface area is 123 Å². The topological polar surface area (TPSA) is 21.3 Å². The Bertz CT molecular complexity index is 578. The molecule has 0 fully saturated rings. The fourth-order valence-electron chi connectivity index (χ4n) is 2.07. The molecule has 0 aromatic heterocycles. The molecule has 0 saturated carbocycles. The van der Waals surface area contributed by atoms with Gasteiger partial charge in [0.05, 0.1) is 0 Å². The third kappa shape index (κ3) is 3.87. The van der Waals surface area contributed by atoms with Crippen LogP contribution in [0.1, 0.15) is 11.1 Å². The summed E-state index contributed by atoms with van der Waals surface area (Å²) in [5.41, 5.74) is 2.78. The van der Waals surface area contributed by atoms with Crippen LogP contribution in [0.5, 0.6) is 5.75 Å². The second kappa shape index (κ2) is 6.62. The molecule has 0 aliphatic heterocycles. The van der Waals surface area contributed by atoms with Crippen LogP contribution in [0, 0.1) is 19.7 Å². The maximum atomic E-state index is 13.0. The van der Waals surface area contributed by atoms with Crippen molar-refractivity contribution in [1.82, 2.24) is 0 Å². The summed E-state index contributed by atoms with van der Waals surface area (Å²) in [6, 6.07) is 10.1. The molecule has 0 bridgehead atoms. The van der Waals surface area contributed by atoms with Crippen molar-refractivity contribution in [3.05, 3.63) is 58.4 Å². The Hall–Kier alpha value is -1.74. The number of halogens is 2. The standard InChI is InChI=1S/C16H17ClFNO/c1-11-8-13(17)9-12(2)16(11)20-7-6-19-15-5-3-4-14(18)10-15/h3-5,8-10,19H,6-7H2,1-2H3. The van der Waals surface area contributed by atoms with Crippen molar-refractivity contribution in [3.8, 4) is 5.75 Å². The summed E-state index contributed by atoms with van der Waals surface area (Å²) < 4.78 is 18.8. The van der Waals surface area contributed by atoms with E-state index in [1.807, 2.05) is 32.0 Å². The van der Waals surface area contributed by atoms with E-state index < -0.39 is 0 Å². The van der Waals surface area contributed by atoms with Crippen LogP contribution in [0.25, 0.3) is 0 Å². The van der Waals surface area contributed by atoms with E-state index in [0.29, 0.717) is 18.2 Å². The van der Waals surface area contributed by atoms with Gasteiger partial charge in [0.1, 0.15) is 18.2 Å². The molecule has 0 unspecified atom stereocenters. The number of hydrogen-bond donors (Lipinski definition) is 1. The molecule has 20 heavy (non-hydrogen) atoms. The molecule has 0 heterocycles. The molecule has 106 valence electrons. The van der Waals surface area contributed by atoms with Gasteiger partial charge in [-0.3, -0.25) is 0 Å². The molecular weight excluding hydrogens is 277 g/mol. The minimum atomic E-state index is -0.250. The molecule has 0 aliphatic carbocycles. The zero-order valence-electron chi connectivity index (χ0n) is 11.5. The summed E-state index contributed by atoms with van der Waals surface area (Å²) in [6.07, 6.45) is 0. The van der Waals surface area contributed by atoms with Crippen LogP contribution in [0.4, 0.5) is 10.1 Å². The number of ether oxygens (including phenoxy) is 1. The predicted octanol–water partition coefficient (Wildman–Crippen LogP) is 4.59. The Morgan fingerprint density at radius 3 is 2.50 bits per heavy atom. The Morgan fingerprint density at radius 1 is 1.15 bits per heavy atom. The highest BCUT2D eigenvalue weighted by molar-refractivity contribution is 6.30. The molecular formula is C16H17ClFNO. The van der Waals surface area contributed by atoms with Crippen molar-refractivity contribution in [2.75, 3.05) is 18.5 Å².